The number of carbonyl (C=O) groups excluding carboxylic acids is 1. The van der Waals surface area contributed by atoms with E-state index in [4.69, 9.17) is 5.73 Å². The number of hydrogen-bond acceptors (Lipinski definition) is 7. The molecule has 9 nitrogen and oxygen atoms in total. The summed E-state index contributed by atoms with van der Waals surface area (Å²) in [6.07, 6.45) is -3.58. The Labute approximate surface area is 182 Å². The number of aryl methyl sites for hydroxylation is 1. The van der Waals surface area contributed by atoms with Crippen LogP contribution in [0, 0.1) is 6.92 Å². The lowest BCUT2D eigenvalue weighted by molar-refractivity contribution is -0.141. The molecule has 0 unspecified atom stereocenters. The number of carbonyl (C=O) groups is 1. The van der Waals surface area contributed by atoms with Crippen LogP contribution in [-0.4, -0.2) is 47.4 Å². The van der Waals surface area contributed by atoms with Gasteiger partial charge in [-0.15, -0.1) is 0 Å². The fourth-order valence-corrected chi connectivity index (χ4v) is 4.93. The summed E-state index contributed by atoms with van der Waals surface area (Å²) in [5, 5.41) is 2.45. The van der Waals surface area contributed by atoms with E-state index in [0.29, 0.717) is 23.6 Å². The number of nitrogens with zero attached hydrogens (tertiary/aromatic N) is 4. The van der Waals surface area contributed by atoms with E-state index in [-0.39, 0.29) is 17.4 Å². The summed E-state index contributed by atoms with van der Waals surface area (Å²) in [7, 11) is -2.42. The lowest BCUT2D eigenvalue weighted by Gasteiger charge is -2.37. The Morgan fingerprint density at radius 2 is 2.00 bits per heavy atom. The minimum atomic E-state index is -4.72. The third kappa shape index (κ3) is 4.38. The number of aliphatic imine (C=N–C) groups is 1. The monoisotopic (exact) mass is 470 g/mol. The lowest BCUT2D eigenvalue weighted by atomic mass is 9.86. The van der Waals surface area contributed by atoms with Gasteiger partial charge in [0.05, 0.1) is 5.75 Å². The molecule has 0 saturated heterocycles. The molecule has 2 aromatic rings. The Balaban J connectivity index is 1.99. The Morgan fingerprint density at radius 3 is 2.59 bits per heavy atom. The Hall–Kier alpha value is -3.22. The van der Waals surface area contributed by atoms with E-state index < -0.39 is 39.2 Å². The molecule has 0 saturated carbocycles. The second-order valence-corrected chi connectivity index (χ2v) is 9.33. The fourth-order valence-electron chi connectivity index (χ4n) is 3.39. The van der Waals surface area contributed by atoms with E-state index in [0.717, 1.165) is 10.5 Å². The molecule has 0 fully saturated rings. The van der Waals surface area contributed by atoms with Crippen molar-refractivity contribution in [3.05, 3.63) is 53.1 Å². The zero-order valence-electron chi connectivity index (χ0n) is 17.4. The maximum atomic E-state index is 12.9. The molecule has 32 heavy (non-hydrogen) atoms. The molecule has 0 radical (unpaired) electrons. The molecule has 13 heteroatoms. The number of nitrogens with two attached hydrogens (primary N) is 1. The molecule has 1 atom stereocenters. The van der Waals surface area contributed by atoms with Gasteiger partial charge >= 0.3 is 6.18 Å². The molecule has 1 amide bonds. The zero-order chi connectivity index (χ0) is 23.9. The summed E-state index contributed by atoms with van der Waals surface area (Å²) in [4.78, 5) is 23.8. The van der Waals surface area contributed by atoms with Gasteiger partial charge in [-0.2, -0.15) is 13.2 Å². The molecule has 1 aromatic heterocycles. The average Bonchev–Trinajstić information content (AvgIpc) is 2.72. The highest BCUT2D eigenvalue weighted by Crippen LogP contribution is 2.38. The molecular formula is C19H21F3N6O3S. The number of anilines is 1. The maximum absolute atomic E-state index is 12.9. The van der Waals surface area contributed by atoms with Crippen LogP contribution in [0.2, 0.25) is 0 Å². The van der Waals surface area contributed by atoms with Crippen LogP contribution in [0.15, 0.2) is 35.5 Å². The predicted molar refractivity (Wildman–Crippen MR) is 111 cm³/mol. The minimum Gasteiger partial charge on any atom is -0.369 e. The highest BCUT2D eigenvalue weighted by atomic mass is 32.2. The molecule has 172 valence electrons. The number of halogens is 3. The molecule has 0 bridgehead atoms. The zero-order valence-corrected chi connectivity index (χ0v) is 18.3. The van der Waals surface area contributed by atoms with Crippen LogP contribution in [0.1, 0.15) is 40.8 Å². The van der Waals surface area contributed by atoms with Gasteiger partial charge in [0, 0.05) is 18.9 Å². The Morgan fingerprint density at radius 1 is 1.31 bits per heavy atom. The first-order valence-corrected chi connectivity index (χ1v) is 11.0. The van der Waals surface area contributed by atoms with Gasteiger partial charge in [0.2, 0.25) is 21.8 Å². The number of sulfonamides is 1. The summed E-state index contributed by atoms with van der Waals surface area (Å²) in [5.41, 5.74) is 4.86. The number of amides is 1. The standard InChI is InChI=1S/C19H21F3N6O3S/c1-4-18(10-32(30,31)28(3)17(23)27-18)13-9-12(6-5-11(13)2)25-16(29)15-24-8-7-14(26-15)19(20,21)22/h5-9H,4,10H2,1-3H3,(H2,23,27)(H,25,29)/t18-/m0/s1. The van der Waals surface area contributed by atoms with Crippen LogP contribution >= 0.6 is 0 Å². The first kappa shape index (κ1) is 23.4. The fraction of sp³-hybridized carbons (Fsp3) is 0.368. The van der Waals surface area contributed by atoms with E-state index in [1.54, 1.807) is 19.9 Å². The highest BCUT2D eigenvalue weighted by molar-refractivity contribution is 7.89. The molecular weight excluding hydrogens is 449 g/mol. The number of alkyl halides is 3. The van der Waals surface area contributed by atoms with Gasteiger partial charge in [0.25, 0.3) is 5.91 Å². The summed E-state index contributed by atoms with van der Waals surface area (Å²) in [6.45, 7) is 3.52. The summed E-state index contributed by atoms with van der Waals surface area (Å²) in [5.74, 6) is -2.10. The van der Waals surface area contributed by atoms with Crippen LogP contribution in [0.3, 0.4) is 0 Å². The number of nitrogens with one attached hydrogen (secondary N) is 1. The first-order chi connectivity index (χ1) is 14.8. The van der Waals surface area contributed by atoms with Crippen LogP contribution < -0.4 is 11.1 Å². The largest absolute Gasteiger partial charge is 0.433 e. The number of rotatable bonds is 4. The van der Waals surface area contributed by atoms with Crippen molar-refractivity contribution in [1.29, 1.82) is 0 Å². The van der Waals surface area contributed by atoms with Gasteiger partial charge in [0.1, 0.15) is 11.2 Å². The summed E-state index contributed by atoms with van der Waals surface area (Å²) in [6, 6.07) is 5.37. The average molecular weight is 470 g/mol. The van der Waals surface area contributed by atoms with Crippen molar-refractivity contribution in [2.24, 2.45) is 10.7 Å². The first-order valence-electron chi connectivity index (χ1n) is 9.44. The molecule has 1 aliphatic heterocycles. The summed E-state index contributed by atoms with van der Waals surface area (Å²) >= 11 is 0. The van der Waals surface area contributed by atoms with E-state index in [9.17, 15) is 26.4 Å². The van der Waals surface area contributed by atoms with Gasteiger partial charge < -0.3 is 11.1 Å². The topological polar surface area (TPSA) is 131 Å². The van der Waals surface area contributed by atoms with Crippen molar-refractivity contribution in [3.63, 3.8) is 0 Å². The maximum Gasteiger partial charge on any atom is 0.433 e. The molecule has 3 N–H and O–H groups in total. The quantitative estimate of drug-likeness (QED) is 0.705. The third-order valence-corrected chi connectivity index (χ3v) is 7.08. The van der Waals surface area contributed by atoms with Crippen molar-refractivity contribution < 1.29 is 26.4 Å². The smallest absolute Gasteiger partial charge is 0.369 e. The Kier molecular flexibility index (Phi) is 5.89. The van der Waals surface area contributed by atoms with Crippen LogP contribution in [0.5, 0.6) is 0 Å². The highest BCUT2D eigenvalue weighted by Gasteiger charge is 2.43. The van der Waals surface area contributed by atoms with Crippen molar-refractivity contribution >= 4 is 27.6 Å². The second kappa shape index (κ2) is 8.04. The van der Waals surface area contributed by atoms with Crippen LogP contribution in [-0.2, 0) is 21.7 Å². The predicted octanol–water partition coefficient (Wildman–Crippen LogP) is 2.25. The van der Waals surface area contributed by atoms with E-state index in [1.807, 2.05) is 0 Å². The van der Waals surface area contributed by atoms with Gasteiger partial charge in [-0.05, 0) is 42.7 Å². The minimum absolute atomic E-state index is 0.163. The van der Waals surface area contributed by atoms with Gasteiger partial charge in [0.15, 0.2) is 0 Å². The lowest BCUT2D eigenvalue weighted by Crippen LogP contribution is -2.51. The van der Waals surface area contributed by atoms with E-state index in [1.165, 1.54) is 19.2 Å². The number of benzene rings is 1. The molecule has 1 aromatic carbocycles. The summed E-state index contributed by atoms with van der Waals surface area (Å²) < 4.78 is 64.7. The van der Waals surface area contributed by atoms with E-state index >= 15 is 0 Å². The van der Waals surface area contributed by atoms with Crippen molar-refractivity contribution in [2.75, 3.05) is 18.1 Å². The van der Waals surface area contributed by atoms with Crippen molar-refractivity contribution in [3.8, 4) is 0 Å². The van der Waals surface area contributed by atoms with Gasteiger partial charge in [-0.3, -0.25) is 4.79 Å². The van der Waals surface area contributed by atoms with Crippen LogP contribution in [0.4, 0.5) is 18.9 Å². The molecule has 3 rings (SSSR count). The molecule has 1 aliphatic rings. The molecule has 0 aliphatic carbocycles. The van der Waals surface area contributed by atoms with Gasteiger partial charge in [-0.25, -0.2) is 27.7 Å². The number of aromatic nitrogens is 2. The SMILES string of the molecule is CC[C@@]1(c2cc(NC(=O)c3nccc(C(F)(F)F)n3)ccc2C)CS(=O)(=O)N(C)C(N)=N1. The van der Waals surface area contributed by atoms with Gasteiger partial charge in [-0.1, -0.05) is 13.0 Å². The van der Waals surface area contributed by atoms with Crippen molar-refractivity contribution in [1.82, 2.24) is 14.3 Å². The second-order valence-electron chi connectivity index (χ2n) is 7.33. The molecule has 2 heterocycles. The van der Waals surface area contributed by atoms with E-state index in [2.05, 4.69) is 20.3 Å². The normalized spacial score (nSPS) is 20.6. The number of hydrogen-bond donors (Lipinski definition) is 2. The van der Waals surface area contributed by atoms with Crippen molar-refractivity contribution in [2.45, 2.75) is 32.0 Å². The number of guanidine groups is 1. The third-order valence-electron chi connectivity index (χ3n) is 5.22. The van der Waals surface area contributed by atoms with Crippen LogP contribution in [0.25, 0.3) is 0 Å². The molecule has 0 spiro atoms. The Bertz CT molecular complexity index is 1200.